The molecule has 3 fully saturated rings. The van der Waals surface area contributed by atoms with Crippen molar-refractivity contribution in [1.29, 1.82) is 0 Å². The first-order chi connectivity index (χ1) is 13.2. The lowest BCUT2D eigenvalue weighted by atomic mass is 9.81. The van der Waals surface area contributed by atoms with Crippen LogP contribution in [-0.2, 0) is 0 Å². The molecule has 152 valence electrons. The van der Waals surface area contributed by atoms with Gasteiger partial charge in [-0.2, -0.15) is 4.99 Å². The van der Waals surface area contributed by atoms with Gasteiger partial charge in [-0.25, -0.2) is 9.97 Å². The number of nitrogens with zero attached hydrogens (tertiary/aromatic N) is 4. The number of carbonyl (C=O) groups is 1. The zero-order valence-corrected chi connectivity index (χ0v) is 17.0. The topological polar surface area (TPSA) is 145 Å². The molecule has 0 unspecified atom stereocenters. The molecule has 1 aromatic rings. The van der Waals surface area contributed by atoms with Crippen molar-refractivity contribution in [1.82, 2.24) is 15.3 Å². The van der Waals surface area contributed by atoms with Crippen molar-refractivity contribution in [3.63, 3.8) is 0 Å². The number of carbonyl (C=O) groups excluding carboxylic acids is 1. The molecule has 0 saturated carbocycles. The number of hydrogen-bond donors (Lipinski definition) is 4. The highest BCUT2D eigenvalue weighted by Crippen LogP contribution is 2.34. The summed E-state index contributed by atoms with van der Waals surface area (Å²) in [7, 11) is 0. The zero-order chi connectivity index (χ0) is 20.5. The predicted octanol–water partition coefficient (Wildman–Crippen LogP) is 0.914. The summed E-state index contributed by atoms with van der Waals surface area (Å²) in [5.74, 6) is -0.280. The molecule has 3 saturated heterocycles. The van der Waals surface area contributed by atoms with Crippen molar-refractivity contribution >= 4 is 35.1 Å². The number of aliphatic imine (C=N–C) groups is 1. The number of rotatable bonds is 4. The number of nitrogens with two attached hydrogens (primary N) is 3. The van der Waals surface area contributed by atoms with Crippen LogP contribution in [-0.4, -0.2) is 58.5 Å². The van der Waals surface area contributed by atoms with Gasteiger partial charge in [0.15, 0.2) is 28.4 Å². The average molecular weight is 408 g/mol. The summed E-state index contributed by atoms with van der Waals surface area (Å²) in [5, 5.41) is 3.14. The Kier molecular flexibility index (Phi) is 5.76. The van der Waals surface area contributed by atoms with E-state index in [4.69, 9.17) is 28.8 Å². The molecule has 1 amide bonds. The summed E-state index contributed by atoms with van der Waals surface area (Å²) < 4.78 is 1.05. The van der Waals surface area contributed by atoms with Gasteiger partial charge in [0.1, 0.15) is 0 Å². The summed E-state index contributed by atoms with van der Waals surface area (Å²) in [6.45, 7) is 8.60. The maximum Gasteiger partial charge on any atom is 0.302 e. The maximum atomic E-state index is 12.4. The van der Waals surface area contributed by atoms with Gasteiger partial charge >= 0.3 is 5.91 Å². The van der Waals surface area contributed by atoms with E-state index in [1.807, 2.05) is 0 Å². The first-order valence-corrected chi connectivity index (χ1v) is 9.79. The van der Waals surface area contributed by atoms with E-state index in [1.165, 1.54) is 18.7 Å². The molecule has 4 heterocycles. The number of amides is 1. The van der Waals surface area contributed by atoms with Crippen molar-refractivity contribution in [2.45, 2.75) is 32.7 Å². The van der Waals surface area contributed by atoms with Gasteiger partial charge in [0.2, 0.25) is 0 Å². The molecule has 4 rings (SSSR count). The quantitative estimate of drug-likeness (QED) is 0.251. The number of nitrogen functional groups attached to an aromatic ring is 2. The fourth-order valence-electron chi connectivity index (χ4n) is 4.07. The molecule has 3 aliphatic rings. The van der Waals surface area contributed by atoms with E-state index in [0.717, 1.165) is 30.4 Å². The molecule has 10 heteroatoms. The summed E-state index contributed by atoms with van der Waals surface area (Å²) in [4.78, 5) is 23.9. The second-order valence-electron chi connectivity index (χ2n) is 7.96. The minimum absolute atomic E-state index is 0.0385. The minimum Gasteiger partial charge on any atom is -0.382 e. The minimum atomic E-state index is -0.702. The van der Waals surface area contributed by atoms with Crippen molar-refractivity contribution in [3.05, 3.63) is 22.5 Å². The van der Waals surface area contributed by atoms with Crippen LogP contribution in [0.1, 0.15) is 37.2 Å². The van der Waals surface area contributed by atoms with Crippen LogP contribution in [0.5, 0.6) is 0 Å². The lowest BCUT2D eigenvalue weighted by Crippen LogP contribution is -2.67. The smallest absolute Gasteiger partial charge is 0.302 e. The third kappa shape index (κ3) is 4.36. The van der Waals surface area contributed by atoms with E-state index in [1.54, 1.807) is 0 Å². The average Bonchev–Trinajstić information content (AvgIpc) is 2.64. The van der Waals surface area contributed by atoms with E-state index in [2.05, 4.69) is 40.2 Å². The summed E-state index contributed by atoms with van der Waals surface area (Å²) in [6.07, 6.45) is 4.58. The standard InChI is InChI=1S/C18H27ClN8O/c1-10(2)3-6-27-7-4-11(5-8-27)12(9-27)23-18(22)26-17(28)13-15(20)25-16(21)14(19)24-13/h3,11-12H,4-9H2,1-2H3,(H6-,20,21,22,23,25,26,28)/p+1/t11?,12-,27?/m1/s1. The molecule has 9 nitrogen and oxygen atoms in total. The van der Waals surface area contributed by atoms with Gasteiger partial charge in [-0.1, -0.05) is 17.2 Å². The summed E-state index contributed by atoms with van der Waals surface area (Å²) in [6, 6.07) is 0.183. The fourth-order valence-corrected chi connectivity index (χ4v) is 4.19. The fraction of sp³-hybridized carbons (Fsp3) is 0.556. The Bertz CT molecular complexity index is 825. The van der Waals surface area contributed by atoms with Crippen molar-refractivity contribution in [3.8, 4) is 0 Å². The number of anilines is 2. The molecule has 1 aromatic heterocycles. The van der Waals surface area contributed by atoms with E-state index in [9.17, 15) is 4.79 Å². The molecule has 2 bridgehead atoms. The normalized spacial score (nSPS) is 26.8. The van der Waals surface area contributed by atoms with Gasteiger partial charge in [-0.15, -0.1) is 0 Å². The Morgan fingerprint density at radius 3 is 2.61 bits per heavy atom. The van der Waals surface area contributed by atoms with Crippen LogP contribution in [0.2, 0.25) is 5.15 Å². The Labute approximate surface area is 169 Å². The predicted molar refractivity (Wildman–Crippen MR) is 111 cm³/mol. The van der Waals surface area contributed by atoms with Crippen LogP contribution in [0.4, 0.5) is 11.6 Å². The van der Waals surface area contributed by atoms with Crippen molar-refractivity contribution in [2.75, 3.05) is 37.6 Å². The van der Waals surface area contributed by atoms with Gasteiger partial charge in [-0.05, 0) is 25.8 Å². The molecular weight excluding hydrogens is 380 g/mol. The Morgan fingerprint density at radius 2 is 1.96 bits per heavy atom. The zero-order valence-electron chi connectivity index (χ0n) is 16.3. The number of aromatic nitrogens is 2. The van der Waals surface area contributed by atoms with Crippen LogP contribution in [0, 0.1) is 5.92 Å². The Hall–Kier alpha value is -2.39. The number of quaternary nitrogens is 1. The number of halogens is 1. The van der Waals surface area contributed by atoms with E-state index < -0.39 is 5.91 Å². The first-order valence-electron chi connectivity index (χ1n) is 9.41. The lowest BCUT2D eigenvalue weighted by Gasteiger charge is -2.52. The highest BCUT2D eigenvalue weighted by Gasteiger charge is 2.45. The third-order valence-electron chi connectivity index (χ3n) is 5.65. The Balaban J connectivity index is 1.70. The monoisotopic (exact) mass is 407 g/mol. The van der Waals surface area contributed by atoms with Crippen molar-refractivity contribution < 1.29 is 9.28 Å². The number of fused-ring (bicyclic) bond motifs is 3. The van der Waals surface area contributed by atoms with Gasteiger partial charge in [0.05, 0.1) is 32.2 Å². The first kappa shape index (κ1) is 20.3. The summed E-state index contributed by atoms with van der Waals surface area (Å²) >= 11 is 5.82. The van der Waals surface area contributed by atoms with Crippen LogP contribution in [0.15, 0.2) is 16.6 Å². The molecule has 1 atom stereocenters. The molecule has 7 N–H and O–H groups in total. The molecule has 0 radical (unpaired) electrons. The molecule has 3 aliphatic heterocycles. The highest BCUT2D eigenvalue weighted by molar-refractivity contribution is 6.31. The number of guanidine groups is 1. The van der Waals surface area contributed by atoms with E-state index in [0.29, 0.717) is 5.92 Å². The number of piperidine rings is 3. The van der Waals surface area contributed by atoms with E-state index >= 15 is 0 Å². The second kappa shape index (κ2) is 7.92. The van der Waals surface area contributed by atoms with Gasteiger partial charge < -0.3 is 27.0 Å². The number of nitrogens with one attached hydrogen (secondary N) is 1. The lowest BCUT2D eigenvalue weighted by molar-refractivity contribution is -0.938. The second-order valence-corrected chi connectivity index (χ2v) is 8.32. The van der Waals surface area contributed by atoms with Crippen LogP contribution in [0.25, 0.3) is 0 Å². The van der Waals surface area contributed by atoms with Crippen LogP contribution in [0.3, 0.4) is 0 Å². The maximum absolute atomic E-state index is 12.4. The third-order valence-corrected chi connectivity index (χ3v) is 5.93. The van der Waals surface area contributed by atoms with Crippen LogP contribution < -0.4 is 22.5 Å². The number of allylic oxidation sites excluding steroid dienone is 1. The largest absolute Gasteiger partial charge is 0.382 e. The molecule has 28 heavy (non-hydrogen) atoms. The highest BCUT2D eigenvalue weighted by atomic mass is 35.5. The van der Waals surface area contributed by atoms with Gasteiger partial charge in [-0.3, -0.25) is 4.79 Å². The Morgan fingerprint density at radius 1 is 1.29 bits per heavy atom. The molecular formula is C18H28ClN8O+. The van der Waals surface area contributed by atoms with Gasteiger partial charge in [0, 0.05) is 12.8 Å². The molecule has 0 aromatic carbocycles. The molecule has 0 aliphatic carbocycles. The summed E-state index contributed by atoms with van der Waals surface area (Å²) in [5.41, 5.74) is 18.4. The van der Waals surface area contributed by atoms with Crippen molar-refractivity contribution in [2.24, 2.45) is 16.6 Å². The molecule has 0 spiro atoms. The number of hydrogen-bond acceptors (Lipinski definition) is 5. The van der Waals surface area contributed by atoms with Gasteiger partial charge in [0.25, 0.3) is 0 Å². The SMILES string of the molecule is CC(C)=CC[N+]12CCC(CC1)[C@H](N/C(N)=N/C(=O)c1nc(Cl)c(N)nc1N)C2. The van der Waals surface area contributed by atoms with E-state index in [-0.39, 0.29) is 34.5 Å². The van der Waals surface area contributed by atoms with Crippen LogP contribution >= 0.6 is 11.6 Å².